The Hall–Kier alpha value is -1.49. The van der Waals surface area contributed by atoms with E-state index in [9.17, 15) is 4.39 Å². The minimum absolute atomic E-state index is 0.0248. The van der Waals surface area contributed by atoms with Crippen LogP contribution in [0.1, 0.15) is 18.5 Å². The highest BCUT2D eigenvalue weighted by molar-refractivity contribution is 9.10. The van der Waals surface area contributed by atoms with Crippen LogP contribution in [0.2, 0.25) is 0 Å². The van der Waals surface area contributed by atoms with Gasteiger partial charge in [0.05, 0.1) is 10.5 Å². The Morgan fingerprint density at radius 2 is 1.76 bits per heavy atom. The van der Waals surface area contributed by atoms with Crippen molar-refractivity contribution in [1.82, 2.24) is 9.97 Å². The number of benzene rings is 1. The van der Waals surface area contributed by atoms with Gasteiger partial charge in [0.15, 0.2) is 0 Å². The average Bonchev–Trinajstić information content (AvgIpc) is 2.33. The van der Waals surface area contributed by atoms with E-state index >= 15 is 0 Å². The van der Waals surface area contributed by atoms with Gasteiger partial charge in [-0.2, -0.15) is 0 Å². The lowest BCUT2D eigenvalue weighted by molar-refractivity contribution is 0.626. The smallest absolute Gasteiger partial charge is 0.223 e. The summed E-state index contributed by atoms with van der Waals surface area (Å²) >= 11 is 3.27. The SMILES string of the molecule is C[C@@H](Nc1ncc(Br)cn1)c1ccc(F)cc1. The third-order valence-electron chi connectivity index (χ3n) is 2.34. The van der Waals surface area contributed by atoms with Crippen molar-refractivity contribution in [3.05, 3.63) is 52.5 Å². The van der Waals surface area contributed by atoms with Crippen molar-refractivity contribution < 1.29 is 4.39 Å². The molecule has 0 amide bonds. The summed E-state index contributed by atoms with van der Waals surface area (Å²) in [7, 11) is 0. The predicted molar refractivity (Wildman–Crippen MR) is 68.2 cm³/mol. The summed E-state index contributed by atoms with van der Waals surface area (Å²) in [5, 5.41) is 3.14. The number of rotatable bonds is 3. The maximum Gasteiger partial charge on any atom is 0.223 e. The van der Waals surface area contributed by atoms with Gasteiger partial charge in [-0.15, -0.1) is 0 Å². The Kier molecular flexibility index (Phi) is 3.68. The maximum absolute atomic E-state index is 12.8. The van der Waals surface area contributed by atoms with E-state index in [0.29, 0.717) is 5.95 Å². The van der Waals surface area contributed by atoms with E-state index in [0.717, 1.165) is 10.0 Å². The van der Waals surface area contributed by atoms with Gasteiger partial charge in [0.1, 0.15) is 5.82 Å². The zero-order chi connectivity index (χ0) is 12.3. The monoisotopic (exact) mass is 295 g/mol. The van der Waals surface area contributed by atoms with Crippen molar-refractivity contribution in [1.29, 1.82) is 0 Å². The molecule has 0 saturated carbocycles. The Labute approximate surface area is 107 Å². The summed E-state index contributed by atoms with van der Waals surface area (Å²) in [6.07, 6.45) is 3.35. The van der Waals surface area contributed by atoms with Crippen molar-refractivity contribution in [2.75, 3.05) is 5.32 Å². The molecule has 0 aliphatic heterocycles. The quantitative estimate of drug-likeness (QED) is 0.941. The number of nitrogens with one attached hydrogen (secondary N) is 1. The summed E-state index contributed by atoms with van der Waals surface area (Å²) in [5.74, 6) is 0.311. The van der Waals surface area contributed by atoms with E-state index in [-0.39, 0.29) is 11.9 Å². The minimum Gasteiger partial charge on any atom is -0.348 e. The molecule has 0 saturated heterocycles. The van der Waals surface area contributed by atoms with Crippen molar-refractivity contribution in [2.45, 2.75) is 13.0 Å². The number of hydrogen-bond donors (Lipinski definition) is 1. The van der Waals surface area contributed by atoms with E-state index in [1.165, 1.54) is 12.1 Å². The molecule has 1 aromatic heterocycles. The van der Waals surface area contributed by atoms with Crippen LogP contribution >= 0.6 is 15.9 Å². The summed E-state index contributed by atoms with van der Waals surface area (Å²) in [6.45, 7) is 1.97. The minimum atomic E-state index is -0.235. The van der Waals surface area contributed by atoms with Crippen LogP contribution in [0.3, 0.4) is 0 Å². The molecule has 17 heavy (non-hydrogen) atoms. The molecule has 1 atom stereocenters. The molecular weight excluding hydrogens is 285 g/mol. The molecule has 1 heterocycles. The lowest BCUT2D eigenvalue weighted by atomic mass is 10.1. The molecule has 0 unspecified atom stereocenters. The molecule has 0 aliphatic rings. The molecule has 5 heteroatoms. The van der Waals surface area contributed by atoms with Crippen LogP contribution in [-0.4, -0.2) is 9.97 Å². The summed E-state index contributed by atoms with van der Waals surface area (Å²) in [6, 6.07) is 6.39. The Morgan fingerprint density at radius 3 is 2.35 bits per heavy atom. The summed E-state index contributed by atoms with van der Waals surface area (Å²) < 4.78 is 13.6. The summed E-state index contributed by atoms with van der Waals surface area (Å²) in [4.78, 5) is 8.24. The lowest BCUT2D eigenvalue weighted by Gasteiger charge is -2.13. The molecule has 1 N–H and O–H groups in total. The zero-order valence-corrected chi connectivity index (χ0v) is 10.8. The van der Waals surface area contributed by atoms with Gasteiger partial charge in [-0.3, -0.25) is 0 Å². The number of nitrogens with zero attached hydrogens (tertiary/aromatic N) is 2. The largest absolute Gasteiger partial charge is 0.348 e. The van der Waals surface area contributed by atoms with Crippen molar-refractivity contribution in [2.24, 2.45) is 0 Å². The first-order valence-corrected chi connectivity index (χ1v) is 5.94. The Morgan fingerprint density at radius 1 is 1.18 bits per heavy atom. The van der Waals surface area contributed by atoms with Crippen LogP contribution in [0.4, 0.5) is 10.3 Å². The van der Waals surface area contributed by atoms with Crippen LogP contribution in [0.5, 0.6) is 0 Å². The fraction of sp³-hybridized carbons (Fsp3) is 0.167. The maximum atomic E-state index is 12.8. The third kappa shape index (κ3) is 3.23. The van der Waals surface area contributed by atoms with Crippen LogP contribution in [0.25, 0.3) is 0 Å². The van der Waals surface area contributed by atoms with Crippen LogP contribution in [0, 0.1) is 5.82 Å². The number of hydrogen-bond acceptors (Lipinski definition) is 3. The molecule has 0 bridgehead atoms. The van der Waals surface area contributed by atoms with Crippen LogP contribution in [0.15, 0.2) is 41.1 Å². The third-order valence-corrected chi connectivity index (χ3v) is 2.75. The van der Waals surface area contributed by atoms with Crippen LogP contribution < -0.4 is 5.32 Å². The number of anilines is 1. The van der Waals surface area contributed by atoms with E-state index in [1.807, 2.05) is 6.92 Å². The van der Waals surface area contributed by atoms with Gasteiger partial charge in [0, 0.05) is 12.4 Å². The second-order valence-corrected chi connectivity index (χ2v) is 4.56. The molecule has 3 nitrogen and oxygen atoms in total. The van der Waals surface area contributed by atoms with Gasteiger partial charge in [-0.1, -0.05) is 12.1 Å². The molecule has 0 fully saturated rings. The van der Waals surface area contributed by atoms with Gasteiger partial charge >= 0.3 is 0 Å². The normalized spacial score (nSPS) is 12.2. The summed E-state index contributed by atoms with van der Waals surface area (Å²) in [5.41, 5.74) is 0.984. The standard InChI is InChI=1S/C12H11BrFN3/c1-8(9-2-4-11(14)5-3-9)17-12-15-6-10(13)7-16-12/h2-8H,1H3,(H,15,16,17)/t8-/m1/s1. The van der Waals surface area contributed by atoms with Gasteiger partial charge in [0.25, 0.3) is 0 Å². The zero-order valence-electron chi connectivity index (χ0n) is 9.19. The first-order chi connectivity index (χ1) is 8.15. The first kappa shape index (κ1) is 12.0. The van der Waals surface area contributed by atoms with Crippen molar-refractivity contribution in [3.63, 3.8) is 0 Å². The lowest BCUT2D eigenvalue weighted by Crippen LogP contribution is -2.09. The van der Waals surface area contributed by atoms with E-state index in [4.69, 9.17) is 0 Å². The first-order valence-electron chi connectivity index (χ1n) is 5.14. The Bertz CT molecular complexity index is 484. The number of halogens is 2. The van der Waals surface area contributed by atoms with Gasteiger partial charge in [0.2, 0.25) is 5.95 Å². The molecule has 0 spiro atoms. The van der Waals surface area contributed by atoms with E-state index in [1.54, 1.807) is 24.5 Å². The molecule has 1 aromatic carbocycles. The highest BCUT2D eigenvalue weighted by atomic mass is 79.9. The number of aromatic nitrogens is 2. The van der Waals surface area contributed by atoms with E-state index in [2.05, 4.69) is 31.2 Å². The Balaban J connectivity index is 2.08. The molecular formula is C12H11BrFN3. The molecule has 0 aliphatic carbocycles. The fourth-order valence-corrected chi connectivity index (χ4v) is 1.62. The fourth-order valence-electron chi connectivity index (χ4n) is 1.42. The molecule has 2 rings (SSSR count). The van der Waals surface area contributed by atoms with Gasteiger partial charge < -0.3 is 5.32 Å². The topological polar surface area (TPSA) is 37.8 Å². The van der Waals surface area contributed by atoms with Gasteiger partial charge in [-0.25, -0.2) is 14.4 Å². The van der Waals surface area contributed by atoms with Crippen molar-refractivity contribution >= 4 is 21.9 Å². The second kappa shape index (κ2) is 5.23. The average molecular weight is 296 g/mol. The highest BCUT2D eigenvalue weighted by Crippen LogP contribution is 2.17. The molecule has 2 aromatic rings. The van der Waals surface area contributed by atoms with Crippen molar-refractivity contribution in [3.8, 4) is 0 Å². The van der Waals surface area contributed by atoms with Crippen LogP contribution in [-0.2, 0) is 0 Å². The van der Waals surface area contributed by atoms with Gasteiger partial charge in [-0.05, 0) is 40.5 Å². The predicted octanol–water partition coefficient (Wildman–Crippen LogP) is 3.55. The molecule has 88 valence electrons. The molecule has 0 radical (unpaired) electrons. The van der Waals surface area contributed by atoms with E-state index < -0.39 is 0 Å². The second-order valence-electron chi connectivity index (χ2n) is 3.64. The highest BCUT2D eigenvalue weighted by Gasteiger charge is 2.06.